The van der Waals surface area contributed by atoms with Crippen molar-refractivity contribution in [3.63, 3.8) is 0 Å². The van der Waals surface area contributed by atoms with E-state index in [1.165, 1.54) is 28.8 Å². The first-order valence-electron chi connectivity index (χ1n) is 10.3. The molecule has 0 unspecified atom stereocenters. The Kier molecular flexibility index (Phi) is 7.79. The molecule has 0 radical (unpaired) electrons. The van der Waals surface area contributed by atoms with Crippen LogP contribution >= 0.6 is 0 Å². The molecule has 1 aromatic heterocycles. The van der Waals surface area contributed by atoms with Gasteiger partial charge in [0.2, 0.25) is 5.95 Å². The Bertz CT molecular complexity index is 1220. The monoisotopic (exact) mass is 455 g/mol. The van der Waals surface area contributed by atoms with Crippen LogP contribution in [0.1, 0.15) is 24.0 Å². The maximum absolute atomic E-state index is 13.3. The predicted octanol–water partition coefficient (Wildman–Crippen LogP) is 1.07. The molecule has 1 heterocycles. The number of benzene rings is 2. The van der Waals surface area contributed by atoms with Gasteiger partial charge >= 0.3 is 11.4 Å². The van der Waals surface area contributed by atoms with Crippen molar-refractivity contribution < 1.29 is 9.13 Å². The van der Waals surface area contributed by atoms with Gasteiger partial charge in [-0.25, -0.2) is 18.5 Å². The van der Waals surface area contributed by atoms with E-state index in [4.69, 9.17) is 16.3 Å². The number of ether oxygens (including phenoxy) is 1. The minimum atomic E-state index is -0.708. The predicted molar refractivity (Wildman–Crippen MR) is 124 cm³/mol. The topological polar surface area (TPSA) is 143 Å². The summed E-state index contributed by atoms with van der Waals surface area (Å²) in [7, 11) is 1.57. The van der Waals surface area contributed by atoms with Gasteiger partial charge in [0.15, 0.2) is 0 Å². The molecule has 3 aromatic rings. The lowest BCUT2D eigenvalue weighted by Gasteiger charge is -2.16. The number of aromatic nitrogens is 3. The molecule has 0 saturated heterocycles. The summed E-state index contributed by atoms with van der Waals surface area (Å²) in [5.74, 6) is 5.86. The zero-order valence-electron chi connectivity index (χ0n) is 18.2. The normalized spacial score (nSPS) is 11.4. The SMILES string of the molecule is COc1ccc(Cn2c(NCCC/C(N)=N\N)nc(=O)n(Cc3ccc(F)cc3)c2=O)cc1. The van der Waals surface area contributed by atoms with Crippen LogP contribution in [0, 0.1) is 5.82 Å². The number of hydrogen-bond donors (Lipinski definition) is 3. The van der Waals surface area contributed by atoms with Crippen molar-refractivity contribution in [2.24, 2.45) is 16.7 Å². The Morgan fingerprint density at radius 1 is 1.06 bits per heavy atom. The maximum atomic E-state index is 13.3. The van der Waals surface area contributed by atoms with Crippen LogP contribution in [0.15, 0.2) is 63.2 Å². The van der Waals surface area contributed by atoms with E-state index in [1.807, 2.05) is 12.1 Å². The van der Waals surface area contributed by atoms with Crippen molar-refractivity contribution in [2.45, 2.75) is 25.9 Å². The summed E-state index contributed by atoms with van der Waals surface area (Å²) < 4.78 is 20.8. The van der Waals surface area contributed by atoms with Crippen LogP contribution in [-0.2, 0) is 13.1 Å². The number of nitrogens with two attached hydrogens (primary N) is 2. The molecule has 11 heteroatoms. The lowest BCUT2D eigenvalue weighted by molar-refractivity contribution is 0.414. The van der Waals surface area contributed by atoms with E-state index >= 15 is 0 Å². The van der Waals surface area contributed by atoms with Gasteiger partial charge in [0.25, 0.3) is 0 Å². The highest BCUT2D eigenvalue weighted by Gasteiger charge is 2.14. The van der Waals surface area contributed by atoms with Gasteiger partial charge in [0.05, 0.1) is 20.2 Å². The second-order valence-electron chi connectivity index (χ2n) is 7.30. The van der Waals surface area contributed by atoms with E-state index in [-0.39, 0.29) is 19.0 Å². The van der Waals surface area contributed by atoms with E-state index < -0.39 is 17.2 Å². The fourth-order valence-corrected chi connectivity index (χ4v) is 3.16. The molecule has 0 spiro atoms. The maximum Gasteiger partial charge on any atom is 0.355 e. The first kappa shape index (κ1) is 23.5. The second-order valence-corrected chi connectivity index (χ2v) is 7.30. The molecule has 0 aliphatic carbocycles. The molecule has 10 nitrogen and oxygen atoms in total. The van der Waals surface area contributed by atoms with Crippen LogP contribution in [0.2, 0.25) is 0 Å². The molecule has 0 bridgehead atoms. The van der Waals surface area contributed by atoms with Gasteiger partial charge < -0.3 is 21.6 Å². The lowest BCUT2D eigenvalue weighted by Crippen LogP contribution is -2.43. The number of nitrogens with one attached hydrogen (secondary N) is 1. The molecule has 3 rings (SSSR count). The number of hydrogen-bond acceptors (Lipinski definition) is 7. The van der Waals surface area contributed by atoms with Gasteiger partial charge in [0, 0.05) is 13.0 Å². The molecule has 33 heavy (non-hydrogen) atoms. The average molecular weight is 455 g/mol. The largest absolute Gasteiger partial charge is 0.497 e. The third kappa shape index (κ3) is 6.19. The van der Waals surface area contributed by atoms with Gasteiger partial charge in [-0.1, -0.05) is 24.3 Å². The standard InChI is InChI=1S/C22H26FN7O3/c1-33-18-10-6-16(7-11-18)13-29-20(26-12-2-3-19(24)28-25)27-21(31)30(22(29)32)14-15-4-8-17(23)9-5-15/h4-11H,2-3,12-14,25H2,1H3,(H2,24,28)(H,26,27,31). The van der Waals surface area contributed by atoms with E-state index in [0.717, 1.165) is 10.1 Å². The van der Waals surface area contributed by atoms with Crippen LogP contribution in [-0.4, -0.2) is 33.6 Å². The van der Waals surface area contributed by atoms with Crippen LogP contribution in [0.25, 0.3) is 0 Å². The van der Waals surface area contributed by atoms with Crippen molar-refractivity contribution in [1.82, 2.24) is 14.1 Å². The number of halogens is 1. The average Bonchev–Trinajstić information content (AvgIpc) is 2.83. The number of rotatable bonds is 10. The first-order chi connectivity index (χ1) is 15.9. The van der Waals surface area contributed by atoms with E-state index in [1.54, 1.807) is 19.2 Å². The summed E-state index contributed by atoms with van der Waals surface area (Å²) >= 11 is 0. The Labute approximate surface area is 189 Å². The highest BCUT2D eigenvalue weighted by Crippen LogP contribution is 2.13. The van der Waals surface area contributed by atoms with Crippen LogP contribution in [0.3, 0.4) is 0 Å². The van der Waals surface area contributed by atoms with Gasteiger partial charge in [0.1, 0.15) is 17.4 Å². The van der Waals surface area contributed by atoms with Crippen molar-refractivity contribution in [3.05, 3.63) is 86.4 Å². The van der Waals surface area contributed by atoms with Crippen molar-refractivity contribution >= 4 is 11.8 Å². The highest BCUT2D eigenvalue weighted by molar-refractivity contribution is 5.79. The molecule has 0 fully saturated rings. The smallest absolute Gasteiger partial charge is 0.355 e. The van der Waals surface area contributed by atoms with Crippen LogP contribution in [0.4, 0.5) is 10.3 Å². The summed E-state index contributed by atoms with van der Waals surface area (Å²) in [5.41, 5.74) is 5.77. The summed E-state index contributed by atoms with van der Waals surface area (Å²) in [6.07, 6.45) is 1.03. The third-order valence-corrected chi connectivity index (χ3v) is 4.96. The molecular weight excluding hydrogens is 429 g/mol. The minimum Gasteiger partial charge on any atom is -0.497 e. The first-order valence-corrected chi connectivity index (χ1v) is 10.3. The van der Waals surface area contributed by atoms with Crippen LogP contribution in [0.5, 0.6) is 5.75 Å². The highest BCUT2D eigenvalue weighted by atomic mass is 19.1. The summed E-state index contributed by atoms with van der Waals surface area (Å²) in [5, 5.41) is 6.44. The summed E-state index contributed by atoms with van der Waals surface area (Å²) in [6.45, 7) is 0.540. The number of anilines is 1. The van der Waals surface area contributed by atoms with E-state index in [2.05, 4.69) is 15.4 Å². The lowest BCUT2D eigenvalue weighted by atomic mass is 10.2. The van der Waals surface area contributed by atoms with Gasteiger partial charge in [-0.3, -0.25) is 4.57 Å². The minimum absolute atomic E-state index is 0.0304. The molecule has 0 saturated carbocycles. The molecule has 0 amide bonds. The molecule has 0 aliphatic rings. The molecule has 2 aromatic carbocycles. The van der Waals surface area contributed by atoms with Crippen molar-refractivity contribution in [3.8, 4) is 5.75 Å². The van der Waals surface area contributed by atoms with E-state index in [9.17, 15) is 14.0 Å². The number of hydrazone groups is 1. The Balaban J connectivity index is 1.93. The second kappa shape index (κ2) is 10.9. The van der Waals surface area contributed by atoms with Gasteiger partial charge in [-0.2, -0.15) is 10.1 Å². The summed E-state index contributed by atoms with van der Waals surface area (Å²) in [6, 6.07) is 12.8. The Morgan fingerprint density at radius 2 is 1.67 bits per heavy atom. The number of methoxy groups -OCH3 is 1. The molecule has 0 atom stereocenters. The van der Waals surface area contributed by atoms with Crippen LogP contribution < -0.4 is 33.0 Å². The number of amidine groups is 1. The zero-order valence-corrected chi connectivity index (χ0v) is 18.2. The quantitative estimate of drug-likeness (QED) is 0.136. The Morgan fingerprint density at radius 3 is 2.27 bits per heavy atom. The van der Waals surface area contributed by atoms with E-state index in [0.29, 0.717) is 36.5 Å². The zero-order chi connectivity index (χ0) is 23.8. The van der Waals surface area contributed by atoms with Gasteiger partial charge in [-0.05, 0) is 41.8 Å². The number of nitrogens with zero attached hydrogens (tertiary/aromatic N) is 4. The molecule has 5 N–H and O–H groups in total. The molecule has 0 aliphatic heterocycles. The third-order valence-electron chi connectivity index (χ3n) is 4.96. The molecular formula is C22H26FN7O3. The van der Waals surface area contributed by atoms with Crippen molar-refractivity contribution in [2.75, 3.05) is 19.0 Å². The fraction of sp³-hybridized carbons (Fsp3) is 0.273. The summed E-state index contributed by atoms with van der Waals surface area (Å²) in [4.78, 5) is 30.0. The Hall–Kier alpha value is -4.15. The fourth-order valence-electron chi connectivity index (χ4n) is 3.16. The van der Waals surface area contributed by atoms with Crippen molar-refractivity contribution in [1.29, 1.82) is 0 Å². The van der Waals surface area contributed by atoms with Gasteiger partial charge in [-0.15, -0.1) is 0 Å². The molecule has 174 valence electrons.